The van der Waals surface area contributed by atoms with Gasteiger partial charge in [-0.25, -0.2) is 4.68 Å². The lowest BCUT2D eigenvalue weighted by Crippen LogP contribution is -2.39. The van der Waals surface area contributed by atoms with E-state index in [1.54, 1.807) is 9.58 Å². The molecule has 0 fully saturated rings. The van der Waals surface area contributed by atoms with Gasteiger partial charge in [0.1, 0.15) is 12.4 Å². The van der Waals surface area contributed by atoms with E-state index >= 15 is 0 Å². The van der Waals surface area contributed by atoms with Crippen molar-refractivity contribution in [3.63, 3.8) is 0 Å². The van der Waals surface area contributed by atoms with Crippen molar-refractivity contribution in [2.24, 2.45) is 5.41 Å². The van der Waals surface area contributed by atoms with Crippen LogP contribution in [0.2, 0.25) is 0 Å². The number of hydrogen-bond donors (Lipinski definition) is 1. The van der Waals surface area contributed by atoms with Crippen molar-refractivity contribution in [3.8, 4) is 5.69 Å². The van der Waals surface area contributed by atoms with E-state index in [1.807, 2.05) is 87.5 Å². The molecule has 6 nitrogen and oxygen atoms in total. The molecule has 6 heteroatoms. The summed E-state index contributed by atoms with van der Waals surface area (Å²) >= 11 is 0. The van der Waals surface area contributed by atoms with E-state index < -0.39 is 0 Å². The topological polar surface area (TPSA) is 67.2 Å². The molecule has 0 aliphatic rings. The summed E-state index contributed by atoms with van der Waals surface area (Å²) in [6.07, 6.45) is 0.364. The van der Waals surface area contributed by atoms with Gasteiger partial charge >= 0.3 is 0 Å². The number of nitrogens with zero attached hydrogens (tertiary/aromatic N) is 3. The van der Waals surface area contributed by atoms with Crippen LogP contribution in [0.3, 0.4) is 0 Å². The molecule has 0 saturated carbocycles. The molecule has 3 rings (SSSR count). The van der Waals surface area contributed by atoms with E-state index in [-0.39, 0.29) is 29.2 Å². The first-order valence-corrected chi connectivity index (χ1v) is 11.7. The average molecular weight is 461 g/mol. The number of hydrogen-bond acceptors (Lipinski definition) is 3. The predicted molar refractivity (Wildman–Crippen MR) is 137 cm³/mol. The molecule has 0 saturated heterocycles. The van der Waals surface area contributed by atoms with Gasteiger partial charge in [-0.15, -0.1) is 0 Å². The molecule has 0 atom stereocenters. The number of nitrogens with one attached hydrogen (secondary N) is 1. The van der Waals surface area contributed by atoms with Gasteiger partial charge in [-0.1, -0.05) is 90.1 Å². The van der Waals surface area contributed by atoms with Gasteiger partial charge in [-0.3, -0.25) is 9.59 Å². The maximum atomic E-state index is 13.2. The van der Waals surface area contributed by atoms with Crippen LogP contribution in [0.25, 0.3) is 5.69 Å². The zero-order chi connectivity index (χ0) is 24.9. The molecule has 1 aromatic heterocycles. The zero-order valence-electron chi connectivity index (χ0n) is 21.1. The fourth-order valence-electron chi connectivity index (χ4n) is 3.56. The molecule has 34 heavy (non-hydrogen) atoms. The molecule has 1 heterocycles. The highest BCUT2D eigenvalue weighted by Gasteiger charge is 2.25. The molecule has 0 aliphatic heterocycles. The van der Waals surface area contributed by atoms with Crippen LogP contribution in [-0.2, 0) is 21.5 Å². The van der Waals surface area contributed by atoms with Gasteiger partial charge in [0.2, 0.25) is 11.8 Å². The first-order valence-electron chi connectivity index (χ1n) is 11.7. The molecule has 0 radical (unpaired) electrons. The molecule has 1 N–H and O–H groups in total. The van der Waals surface area contributed by atoms with Gasteiger partial charge in [-0.2, -0.15) is 5.10 Å². The van der Waals surface area contributed by atoms with Gasteiger partial charge in [0, 0.05) is 24.4 Å². The third kappa shape index (κ3) is 7.04. The van der Waals surface area contributed by atoms with Gasteiger partial charge in [-0.05, 0) is 23.1 Å². The Morgan fingerprint density at radius 1 is 0.912 bits per heavy atom. The maximum Gasteiger partial charge on any atom is 0.245 e. The lowest BCUT2D eigenvalue weighted by Gasteiger charge is -2.26. The van der Waals surface area contributed by atoms with Crippen molar-refractivity contribution < 1.29 is 9.59 Å². The van der Waals surface area contributed by atoms with Crippen LogP contribution in [0.4, 0.5) is 5.82 Å². The largest absolute Gasteiger partial charge is 0.329 e. The third-order valence-electron chi connectivity index (χ3n) is 5.33. The lowest BCUT2D eigenvalue weighted by molar-refractivity contribution is -0.136. The minimum Gasteiger partial charge on any atom is -0.329 e. The highest BCUT2D eigenvalue weighted by atomic mass is 16.2. The third-order valence-corrected chi connectivity index (χ3v) is 5.33. The Balaban J connectivity index is 1.84. The van der Waals surface area contributed by atoms with Crippen LogP contribution in [-0.4, -0.2) is 33.0 Å². The normalized spacial score (nSPS) is 11.8. The Morgan fingerprint density at radius 3 is 2.06 bits per heavy atom. The standard InChI is InChI=1S/C28H36N4O2/c1-27(2,3)18-26(34)31(19-21-13-9-7-10-14-21)20-25(33)29-24-17-23(28(4,5)6)30-32(24)22-15-11-8-12-16-22/h7-17H,18-20H2,1-6H3,(H,29,33). The summed E-state index contributed by atoms with van der Waals surface area (Å²) in [6, 6.07) is 21.4. The average Bonchev–Trinajstić information content (AvgIpc) is 3.17. The fraction of sp³-hybridized carbons (Fsp3) is 0.393. The summed E-state index contributed by atoms with van der Waals surface area (Å²) < 4.78 is 1.75. The summed E-state index contributed by atoms with van der Waals surface area (Å²) in [5.41, 5.74) is 2.37. The molecular weight excluding hydrogens is 424 g/mol. The second kappa shape index (κ2) is 10.2. The summed E-state index contributed by atoms with van der Waals surface area (Å²) in [4.78, 5) is 27.9. The second-order valence-electron chi connectivity index (χ2n) is 10.9. The highest BCUT2D eigenvalue weighted by molar-refractivity contribution is 5.94. The lowest BCUT2D eigenvalue weighted by atomic mass is 9.91. The first kappa shape index (κ1) is 25.2. The van der Waals surface area contributed by atoms with E-state index in [9.17, 15) is 9.59 Å². The number of aromatic nitrogens is 2. The number of benzene rings is 2. The molecule has 180 valence electrons. The van der Waals surface area contributed by atoms with Gasteiger partial charge in [0.15, 0.2) is 0 Å². The van der Waals surface area contributed by atoms with E-state index in [0.29, 0.717) is 18.8 Å². The van der Waals surface area contributed by atoms with E-state index in [2.05, 4.69) is 26.1 Å². The number of amides is 2. The molecule has 0 bridgehead atoms. The highest BCUT2D eigenvalue weighted by Crippen LogP contribution is 2.26. The quantitative estimate of drug-likeness (QED) is 0.501. The smallest absolute Gasteiger partial charge is 0.245 e. The molecule has 3 aromatic rings. The Labute approximate surface area is 203 Å². The number of para-hydroxylation sites is 1. The van der Waals surface area contributed by atoms with Crippen LogP contribution in [0.1, 0.15) is 59.2 Å². The molecule has 2 aromatic carbocycles. The van der Waals surface area contributed by atoms with Gasteiger partial charge in [0.05, 0.1) is 11.4 Å². The Hall–Kier alpha value is -3.41. The fourth-order valence-corrected chi connectivity index (χ4v) is 3.56. The number of carbonyl (C=O) groups excluding carboxylic acids is 2. The summed E-state index contributed by atoms with van der Waals surface area (Å²) in [6.45, 7) is 12.7. The van der Waals surface area contributed by atoms with Crippen molar-refractivity contribution >= 4 is 17.6 Å². The van der Waals surface area contributed by atoms with Crippen LogP contribution in [0, 0.1) is 5.41 Å². The van der Waals surface area contributed by atoms with Crippen LogP contribution >= 0.6 is 0 Å². The molecule has 0 unspecified atom stereocenters. The van der Waals surface area contributed by atoms with Gasteiger partial charge < -0.3 is 10.2 Å². The minimum atomic E-state index is -0.254. The van der Waals surface area contributed by atoms with Crippen molar-refractivity contribution in [2.75, 3.05) is 11.9 Å². The van der Waals surface area contributed by atoms with E-state index in [1.165, 1.54) is 0 Å². The predicted octanol–water partition coefficient (Wildman–Crippen LogP) is 5.57. The van der Waals surface area contributed by atoms with Gasteiger partial charge in [0.25, 0.3) is 0 Å². The minimum absolute atomic E-state index is 0.0331. The Morgan fingerprint density at radius 2 is 1.50 bits per heavy atom. The van der Waals surface area contributed by atoms with Crippen LogP contribution < -0.4 is 5.32 Å². The Bertz CT molecular complexity index is 1110. The summed E-state index contributed by atoms with van der Waals surface area (Å²) in [5, 5.41) is 7.76. The van der Waals surface area contributed by atoms with E-state index in [4.69, 9.17) is 5.10 Å². The summed E-state index contributed by atoms with van der Waals surface area (Å²) in [7, 11) is 0. The zero-order valence-corrected chi connectivity index (χ0v) is 21.1. The van der Waals surface area contributed by atoms with E-state index in [0.717, 1.165) is 16.9 Å². The van der Waals surface area contributed by atoms with Crippen molar-refractivity contribution in [2.45, 2.75) is 59.9 Å². The number of carbonyl (C=O) groups is 2. The van der Waals surface area contributed by atoms with Crippen molar-refractivity contribution in [3.05, 3.63) is 78.0 Å². The van der Waals surface area contributed by atoms with Crippen molar-refractivity contribution in [1.82, 2.24) is 14.7 Å². The van der Waals surface area contributed by atoms with Crippen LogP contribution in [0.5, 0.6) is 0 Å². The summed E-state index contributed by atoms with van der Waals surface area (Å²) in [5.74, 6) is 0.290. The van der Waals surface area contributed by atoms with Crippen LogP contribution in [0.15, 0.2) is 66.7 Å². The number of rotatable bonds is 7. The molecular formula is C28H36N4O2. The van der Waals surface area contributed by atoms with Crippen molar-refractivity contribution in [1.29, 1.82) is 0 Å². The maximum absolute atomic E-state index is 13.2. The molecule has 0 spiro atoms. The first-order chi connectivity index (χ1) is 15.9. The number of anilines is 1. The molecule has 0 aliphatic carbocycles. The Kier molecular flexibility index (Phi) is 7.60. The monoisotopic (exact) mass is 460 g/mol. The molecule has 2 amide bonds. The second-order valence-corrected chi connectivity index (χ2v) is 10.9. The SMILES string of the molecule is CC(C)(C)CC(=O)N(CC(=O)Nc1cc(C(C)(C)C)nn1-c1ccccc1)Cc1ccccc1.